The zero-order valence-electron chi connectivity index (χ0n) is 8.05. The van der Waals surface area contributed by atoms with Crippen LogP contribution >= 0.6 is 11.6 Å². The molecule has 2 rings (SSSR count). The predicted molar refractivity (Wildman–Crippen MR) is 58.5 cm³/mol. The molecule has 0 fully saturated rings. The highest BCUT2D eigenvalue weighted by molar-refractivity contribution is 6.31. The first kappa shape index (κ1) is 10.9. The molecule has 0 saturated heterocycles. The van der Waals surface area contributed by atoms with E-state index in [1.54, 1.807) is 6.07 Å². The molecule has 0 aliphatic heterocycles. The molecule has 0 spiro atoms. The van der Waals surface area contributed by atoms with Crippen LogP contribution in [0, 0.1) is 11.6 Å². The Labute approximate surface area is 95.9 Å². The Balaban J connectivity index is 2.60. The zero-order chi connectivity index (χ0) is 11.7. The van der Waals surface area contributed by atoms with Gasteiger partial charge >= 0.3 is 0 Å². The monoisotopic (exact) mass is 240 g/mol. The van der Waals surface area contributed by atoms with Crippen LogP contribution in [-0.4, -0.2) is 5.11 Å². The Morgan fingerprint density at radius 2 is 1.81 bits per heavy atom. The minimum absolute atomic E-state index is 0.114. The van der Waals surface area contributed by atoms with Crippen molar-refractivity contribution >= 4 is 11.6 Å². The van der Waals surface area contributed by atoms with Gasteiger partial charge in [0.2, 0.25) is 0 Å². The SMILES string of the molecule is Oc1cc(F)c(Cl)cc1-c1cccc(F)c1. The topological polar surface area (TPSA) is 20.2 Å². The molecule has 0 amide bonds. The molecular formula is C12H7ClF2O. The third-order valence-electron chi connectivity index (χ3n) is 2.17. The van der Waals surface area contributed by atoms with E-state index in [2.05, 4.69) is 0 Å². The van der Waals surface area contributed by atoms with Gasteiger partial charge in [0.1, 0.15) is 17.4 Å². The number of aromatic hydroxyl groups is 1. The molecule has 16 heavy (non-hydrogen) atoms. The fraction of sp³-hybridized carbons (Fsp3) is 0. The van der Waals surface area contributed by atoms with Crippen molar-refractivity contribution in [1.82, 2.24) is 0 Å². The van der Waals surface area contributed by atoms with Gasteiger partial charge in [0.25, 0.3) is 0 Å². The van der Waals surface area contributed by atoms with Gasteiger partial charge in [0, 0.05) is 11.6 Å². The van der Waals surface area contributed by atoms with E-state index in [1.165, 1.54) is 24.3 Å². The Morgan fingerprint density at radius 1 is 1.06 bits per heavy atom. The summed E-state index contributed by atoms with van der Waals surface area (Å²) < 4.78 is 26.0. The highest BCUT2D eigenvalue weighted by Crippen LogP contribution is 2.33. The van der Waals surface area contributed by atoms with Gasteiger partial charge in [-0.15, -0.1) is 0 Å². The number of benzene rings is 2. The Kier molecular flexibility index (Phi) is 2.79. The van der Waals surface area contributed by atoms with Crippen LogP contribution in [0.5, 0.6) is 5.75 Å². The van der Waals surface area contributed by atoms with Crippen molar-refractivity contribution in [3.63, 3.8) is 0 Å². The van der Waals surface area contributed by atoms with Gasteiger partial charge in [-0.05, 0) is 23.8 Å². The summed E-state index contributed by atoms with van der Waals surface area (Å²) in [5.41, 5.74) is 0.741. The quantitative estimate of drug-likeness (QED) is 0.799. The van der Waals surface area contributed by atoms with Gasteiger partial charge in [-0.2, -0.15) is 0 Å². The smallest absolute Gasteiger partial charge is 0.145 e. The zero-order valence-corrected chi connectivity index (χ0v) is 8.80. The third-order valence-corrected chi connectivity index (χ3v) is 2.46. The molecule has 0 unspecified atom stereocenters. The lowest BCUT2D eigenvalue weighted by Crippen LogP contribution is -1.84. The van der Waals surface area contributed by atoms with E-state index in [-0.39, 0.29) is 10.8 Å². The molecule has 82 valence electrons. The summed E-state index contributed by atoms with van der Waals surface area (Å²) in [5.74, 6) is -1.41. The van der Waals surface area contributed by atoms with Crippen LogP contribution in [0.3, 0.4) is 0 Å². The molecule has 0 aliphatic rings. The van der Waals surface area contributed by atoms with E-state index in [1.807, 2.05) is 0 Å². The number of phenolic OH excluding ortho intramolecular Hbond substituents is 1. The van der Waals surface area contributed by atoms with Gasteiger partial charge in [-0.3, -0.25) is 0 Å². The summed E-state index contributed by atoms with van der Waals surface area (Å²) in [6, 6.07) is 7.80. The second-order valence-electron chi connectivity index (χ2n) is 3.29. The second kappa shape index (κ2) is 4.10. The average Bonchev–Trinajstić information content (AvgIpc) is 2.23. The summed E-state index contributed by atoms with van der Waals surface area (Å²) in [7, 11) is 0. The van der Waals surface area contributed by atoms with Crippen molar-refractivity contribution in [2.45, 2.75) is 0 Å². The average molecular weight is 241 g/mol. The summed E-state index contributed by atoms with van der Waals surface area (Å²) in [6.45, 7) is 0. The fourth-order valence-corrected chi connectivity index (χ4v) is 1.59. The third kappa shape index (κ3) is 1.99. The van der Waals surface area contributed by atoms with E-state index in [0.717, 1.165) is 6.07 Å². The molecule has 1 N–H and O–H groups in total. The first-order valence-corrected chi connectivity index (χ1v) is 4.89. The van der Waals surface area contributed by atoms with Crippen molar-refractivity contribution in [3.8, 4) is 16.9 Å². The van der Waals surface area contributed by atoms with Crippen LogP contribution in [0.2, 0.25) is 5.02 Å². The highest BCUT2D eigenvalue weighted by atomic mass is 35.5. The van der Waals surface area contributed by atoms with Gasteiger partial charge in [-0.25, -0.2) is 8.78 Å². The molecule has 4 heteroatoms. The molecule has 0 bridgehead atoms. The number of halogens is 3. The highest BCUT2D eigenvalue weighted by Gasteiger charge is 2.09. The first-order chi connectivity index (χ1) is 7.58. The van der Waals surface area contributed by atoms with Crippen molar-refractivity contribution in [2.24, 2.45) is 0 Å². The summed E-state index contributed by atoms with van der Waals surface area (Å²) in [6.07, 6.45) is 0. The maximum absolute atomic E-state index is 13.0. The largest absolute Gasteiger partial charge is 0.507 e. The van der Waals surface area contributed by atoms with E-state index in [0.29, 0.717) is 11.1 Å². The van der Waals surface area contributed by atoms with Crippen molar-refractivity contribution in [3.05, 3.63) is 53.1 Å². The lowest BCUT2D eigenvalue weighted by Gasteiger charge is -2.06. The van der Waals surface area contributed by atoms with E-state index in [9.17, 15) is 13.9 Å². The number of hydrogen-bond donors (Lipinski definition) is 1. The Bertz CT molecular complexity index is 541. The van der Waals surface area contributed by atoms with Crippen molar-refractivity contribution < 1.29 is 13.9 Å². The molecule has 2 aromatic rings. The number of rotatable bonds is 1. The van der Waals surface area contributed by atoms with E-state index < -0.39 is 11.6 Å². The van der Waals surface area contributed by atoms with Crippen LogP contribution < -0.4 is 0 Å². The molecule has 1 nitrogen and oxygen atoms in total. The predicted octanol–water partition coefficient (Wildman–Crippen LogP) is 3.99. The fourth-order valence-electron chi connectivity index (χ4n) is 1.42. The first-order valence-electron chi connectivity index (χ1n) is 4.52. The summed E-state index contributed by atoms with van der Waals surface area (Å²) >= 11 is 5.60. The van der Waals surface area contributed by atoms with Gasteiger partial charge in [-0.1, -0.05) is 23.7 Å². The normalized spacial score (nSPS) is 10.4. The minimum atomic E-state index is -0.709. The van der Waals surface area contributed by atoms with Crippen LogP contribution in [0.1, 0.15) is 0 Å². The molecule has 2 aromatic carbocycles. The minimum Gasteiger partial charge on any atom is -0.507 e. The van der Waals surface area contributed by atoms with Gasteiger partial charge in [0.05, 0.1) is 5.02 Å². The number of phenols is 1. The summed E-state index contributed by atoms with van der Waals surface area (Å²) in [5, 5.41) is 9.43. The van der Waals surface area contributed by atoms with Gasteiger partial charge < -0.3 is 5.11 Å². The molecule has 0 saturated carbocycles. The lowest BCUT2D eigenvalue weighted by molar-refractivity contribution is 0.471. The molecule has 0 radical (unpaired) electrons. The lowest BCUT2D eigenvalue weighted by atomic mass is 10.0. The Morgan fingerprint density at radius 3 is 2.50 bits per heavy atom. The van der Waals surface area contributed by atoms with E-state index in [4.69, 9.17) is 11.6 Å². The second-order valence-corrected chi connectivity index (χ2v) is 3.70. The maximum atomic E-state index is 13.0. The number of hydrogen-bond acceptors (Lipinski definition) is 1. The van der Waals surface area contributed by atoms with E-state index >= 15 is 0 Å². The standard InChI is InChI=1S/C12H7ClF2O/c13-10-5-9(12(16)6-11(10)15)7-2-1-3-8(14)4-7/h1-6,16H. The van der Waals surface area contributed by atoms with Crippen LogP contribution in [0.4, 0.5) is 8.78 Å². The van der Waals surface area contributed by atoms with Crippen LogP contribution in [-0.2, 0) is 0 Å². The van der Waals surface area contributed by atoms with Crippen LogP contribution in [0.25, 0.3) is 11.1 Å². The molecular weight excluding hydrogens is 234 g/mol. The molecule has 0 heterocycles. The van der Waals surface area contributed by atoms with Crippen molar-refractivity contribution in [1.29, 1.82) is 0 Å². The Hall–Kier alpha value is -1.61. The van der Waals surface area contributed by atoms with Crippen molar-refractivity contribution in [2.75, 3.05) is 0 Å². The molecule has 0 aromatic heterocycles. The molecule has 0 atom stereocenters. The van der Waals surface area contributed by atoms with Gasteiger partial charge in [0.15, 0.2) is 0 Å². The molecule has 0 aliphatic carbocycles. The maximum Gasteiger partial charge on any atom is 0.145 e. The van der Waals surface area contributed by atoms with Crippen LogP contribution in [0.15, 0.2) is 36.4 Å². The summed E-state index contributed by atoms with van der Waals surface area (Å²) in [4.78, 5) is 0.